The number of carbonyl (C=O) groups is 1. The molecule has 2 N–H and O–H groups in total. The molecule has 1 aromatic heterocycles. The van der Waals surface area contributed by atoms with E-state index in [0.29, 0.717) is 29.5 Å². The van der Waals surface area contributed by atoms with Crippen molar-refractivity contribution in [2.45, 2.75) is 70.2 Å². The Morgan fingerprint density at radius 3 is 2.82 bits per heavy atom. The van der Waals surface area contributed by atoms with Gasteiger partial charge in [-0.1, -0.05) is 24.3 Å². The fourth-order valence-electron chi connectivity index (χ4n) is 6.51. The van der Waals surface area contributed by atoms with Gasteiger partial charge in [0.2, 0.25) is 0 Å². The van der Waals surface area contributed by atoms with E-state index in [9.17, 15) is 4.79 Å². The number of nitrogens with one attached hydrogen (secondary N) is 2. The van der Waals surface area contributed by atoms with E-state index in [1.807, 2.05) is 37.9 Å². The van der Waals surface area contributed by atoms with Gasteiger partial charge in [-0.05, 0) is 94.7 Å². The molecule has 0 saturated carbocycles. The van der Waals surface area contributed by atoms with Crippen molar-refractivity contribution in [1.82, 2.24) is 25.4 Å². The number of benzene rings is 1. The van der Waals surface area contributed by atoms with Crippen LogP contribution in [0.1, 0.15) is 58.1 Å². The van der Waals surface area contributed by atoms with Crippen LogP contribution in [0, 0.1) is 11.8 Å². The van der Waals surface area contributed by atoms with E-state index < -0.39 is 5.60 Å². The van der Waals surface area contributed by atoms with Crippen LogP contribution < -0.4 is 10.6 Å². The van der Waals surface area contributed by atoms with E-state index in [-0.39, 0.29) is 18.2 Å². The number of pyridine rings is 1. The van der Waals surface area contributed by atoms with Gasteiger partial charge in [-0.25, -0.2) is 4.79 Å². The Morgan fingerprint density at radius 1 is 1.26 bits per heavy atom. The molecule has 0 aliphatic carbocycles. The van der Waals surface area contributed by atoms with Crippen LogP contribution in [0.4, 0.5) is 4.79 Å². The SMILES string of the molecule is C=C[C@H]1CN2CC[C@H]1C[C@H]2[C@@H](NC(=S)NC[C@@H]1CCCN1C(=O)OC(C)(C)C)c1ccnc2ccccc12. The first-order valence-electron chi connectivity index (χ1n) is 14.0. The van der Waals surface area contributed by atoms with Crippen LogP contribution in [0.5, 0.6) is 0 Å². The Morgan fingerprint density at radius 2 is 2.08 bits per heavy atom. The standard InChI is InChI=1S/C30H41N5O2S/c1-5-20-19-34-16-13-21(20)17-26(34)27(24-12-14-31-25-11-7-6-10-23(24)25)33-28(38)32-18-22-9-8-15-35(22)29(36)37-30(2,3)4/h5-7,10-12,14,20-22,26-27H,1,8-9,13,15-19H2,2-4H3,(H2,32,33,38)/t20-,21-,22-,26-,27-/m0/s1. The molecular weight excluding hydrogens is 494 g/mol. The maximum absolute atomic E-state index is 12.7. The molecule has 7 nitrogen and oxygen atoms in total. The third-order valence-electron chi connectivity index (χ3n) is 8.35. The summed E-state index contributed by atoms with van der Waals surface area (Å²) in [5.74, 6) is 1.21. The van der Waals surface area contributed by atoms with Crippen molar-refractivity contribution in [2.75, 3.05) is 26.2 Å². The zero-order valence-electron chi connectivity index (χ0n) is 22.9. The second-order valence-electron chi connectivity index (χ2n) is 12.0. The lowest BCUT2D eigenvalue weighted by molar-refractivity contribution is 0.00427. The summed E-state index contributed by atoms with van der Waals surface area (Å²) < 4.78 is 5.64. The van der Waals surface area contributed by atoms with E-state index in [0.717, 1.165) is 49.8 Å². The Bertz CT molecular complexity index is 1180. The highest BCUT2D eigenvalue weighted by Gasteiger charge is 2.43. The van der Waals surface area contributed by atoms with E-state index in [2.05, 4.69) is 57.4 Å². The molecule has 38 heavy (non-hydrogen) atoms. The van der Waals surface area contributed by atoms with Gasteiger partial charge in [-0.2, -0.15) is 0 Å². The minimum absolute atomic E-state index is 0.0296. The molecular formula is C30H41N5O2S. The zero-order chi connectivity index (χ0) is 26.9. The molecule has 4 fully saturated rings. The lowest BCUT2D eigenvalue weighted by Gasteiger charge is -2.52. The number of rotatable bonds is 6. The highest BCUT2D eigenvalue weighted by Crippen LogP contribution is 2.42. The van der Waals surface area contributed by atoms with Gasteiger partial charge in [0, 0.05) is 37.3 Å². The molecule has 5 heterocycles. The van der Waals surface area contributed by atoms with Crippen LogP contribution in [-0.2, 0) is 4.74 Å². The highest BCUT2D eigenvalue weighted by molar-refractivity contribution is 7.80. The number of hydrogen-bond donors (Lipinski definition) is 2. The Labute approximate surface area is 232 Å². The molecule has 4 aliphatic heterocycles. The molecule has 204 valence electrons. The molecule has 6 atom stereocenters. The lowest BCUT2D eigenvalue weighted by atomic mass is 9.73. The maximum Gasteiger partial charge on any atom is 0.410 e. The number of aromatic nitrogens is 1. The largest absolute Gasteiger partial charge is 0.444 e. The number of ether oxygens (including phenoxy) is 1. The Balaban J connectivity index is 1.32. The van der Waals surface area contributed by atoms with Crippen molar-refractivity contribution in [2.24, 2.45) is 11.8 Å². The van der Waals surface area contributed by atoms with Gasteiger partial charge in [-0.3, -0.25) is 9.88 Å². The second-order valence-corrected chi connectivity index (χ2v) is 12.4. The van der Waals surface area contributed by atoms with Gasteiger partial charge < -0.3 is 20.3 Å². The van der Waals surface area contributed by atoms with Crippen molar-refractivity contribution in [3.63, 3.8) is 0 Å². The quantitative estimate of drug-likeness (QED) is 0.397. The van der Waals surface area contributed by atoms with Gasteiger partial charge in [0.1, 0.15) is 5.60 Å². The van der Waals surface area contributed by atoms with E-state index in [1.54, 1.807) is 0 Å². The molecule has 0 radical (unpaired) electrons. The number of likely N-dealkylation sites (tertiary alicyclic amines) is 1. The average Bonchev–Trinajstić information content (AvgIpc) is 3.38. The van der Waals surface area contributed by atoms with Crippen molar-refractivity contribution in [1.29, 1.82) is 0 Å². The summed E-state index contributed by atoms with van der Waals surface area (Å²) in [5.41, 5.74) is 1.72. The number of nitrogens with zero attached hydrogens (tertiary/aromatic N) is 3. The van der Waals surface area contributed by atoms with Crippen LogP contribution in [0.2, 0.25) is 0 Å². The summed E-state index contributed by atoms with van der Waals surface area (Å²) in [6.07, 6.45) is 8.05. The van der Waals surface area contributed by atoms with Crippen LogP contribution in [0.15, 0.2) is 49.2 Å². The summed E-state index contributed by atoms with van der Waals surface area (Å²) in [6.45, 7) is 13.3. The summed E-state index contributed by atoms with van der Waals surface area (Å²) in [4.78, 5) is 21.8. The lowest BCUT2D eigenvalue weighted by Crippen LogP contribution is -2.58. The predicted octanol–water partition coefficient (Wildman–Crippen LogP) is 5.04. The molecule has 2 bridgehead atoms. The predicted molar refractivity (Wildman–Crippen MR) is 156 cm³/mol. The molecule has 4 aliphatic rings. The van der Waals surface area contributed by atoms with Crippen molar-refractivity contribution in [3.8, 4) is 0 Å². The maximum atomic E-state index is 12.7. The van der Waals surface area contributed by atoms with Gasteiger partial charge in [0.25, 0.3) is 0 Å². The number of piperidine rings is 3. The van der Waals surface area contributed by atoms with Crippen LogP contribution in [0.25, 0.3) is 10.9 Å². The summed E-state index contributed by atoms with van der Waals surface area (Å²) in [6, 6.07) is 10.9. The molecule has 4 saturated heterocycles. The van der Waals surface area contributed by atoms with Crippen LogP contribution in [-0.4, -0.2) is 69.9 Å². The van der Waals surface area contributed by atoms with Gasteiger partial charge in [0.05, 0.1) is 17.6 Å². The average molecular weight is 536 g/mol. The number of amides is 1. The van der Waals surface area contributed by atoms with E-state index >= 15 is 0 Å². The number of thiocarbonyl (C=S) groups is 1. The van der Waals surface area contributed by atoms with Crippen molar-refractivity contribution < 1.29 is 9.53 Å². The highest BCUT2D eigenvalue weighted by atomic mass is 32.1. The van der Waals surface area contributed by atoms with Crippen LogP contribution >= 0.6 is 12.2 Å². The number of hydrogen-bond acceptors (Lipinski definition) is 5. The number of fused-ring (bicyclic) bond motifs is 4. The monoisotopic (exact) mass is 535 g/mol. The van der Waals surface area contributed by atoms with Gasteiger partial charge in [0.15, 0.2) is 5.11 Å². The molecule has 8 heteroatoms. The summed E-state index contributed by atoms with van der Waals surface area (Å²) >= 11 is 5.87. The zero-order valence-corrected chi connectivity index (χ0v) is 23.7. The smallest absolute Gasteiger partial charge is 0.410 e. The summed E-state index contributed by atoms with van der Waals surface area (Å²) in [7, 11) is 0. The number of para-hydroxylation sites is 1. The summed E-state index contributed by atoms with van der Waals surface area (Å²) in [5, 5.41) is 8.93. The van der Waals surface area contributed by atoms with Crippen LogP contribution in [0.3, 0.4) is 0 Å². The molecule has 1 aromatic carbocycles. The fraction of sp³-hybridized carbons (Fsp3) is 0.567. The molecule has 6 rings (SSSR count). The minimum Gasteiger partial charge on any atom is -0.444 e. The Kier molecular flexibility index (Phi) is 7.91. The van der Waals surface area contributed by atoms with Gasteiger partial charge in [-0.15, -0.1) is 6.58 Å². The van der Waals surface area contributed by atoms with E-state index in [4.69, 9.17) is 17.0 Å². The molecule has 1 unspecified atom stereocenters. The molecule has 2 aromatic rings. The minimum atomic E-state index is -0.506. The van der Waals surface area contributed by atoms with Crippen molar-refractivity contribution in [3.05, 3.63) is 54.7 Å². The first-order valence-corrected chi connectivity index (χ1v) is 14.4. The number of carbonyl (C=O) groups excluding carboxylic acids is 1. The molecule has 0 spiro atoms. The first-order chi connectivity index (χ1) is 18.2. The van der Waals surface area contributed by atoms with Crippen molar-refractivity contribution >= 4 is 34.3 Å². The van der Waals surface area contributed by atoms with E-state index in [1.165, 1.54) is 12.0 Å². The fourth-order valence-corrected chi connectivity index (χ4v) is 6.72. The Hall–Kier alpha value is -2.71. The normalized spacial score (nSPS) is 27.7. The second kappa shape index (κ2) is 11.2. The third kappa shape index (κ3) is 5.81. The van der Waals surface area contributed by atoms with Gasteiger partial charge >= 0.3 is 6.09 Å². The molecule has 1 amide bonds. The first kappa shape index (κ1) is 26.9. The topological polar surface area (TPSA) is 69.7 Å². The third-order valence-corrected chi connectivity index (χ3v) is 8.61.